The van der Waals surface area contributed by atoms with E-state index >= 15 is 0 Å². The van der Waals surface area contributed by atoms with E-state index in [1.165, 1.54) is 5.56 Å². The number of hydrogen-bond acceptors (Lipinski definition) is 6. The van der Waals surface area contributed by atoms with Crippen LogP contribution in [-0.4, -0.2) is 20.1 Å². The molecule has 3 aromatic heterocycles. The van der Waals surface area contributed by atoms with Crippen molar-refractivity contribution in [1.82, 2.24) is 20.1 Å². The first kappa shape index (κ1) is 18.8. The van der Waals surface area contributed by atoms with Crippen LogP contribution in [0.1, 0.15) is 24.0 Å². The van der Waals surface area contributed by atoms with Crippen molar-refractivity contribution in [3.05, 3.63) is 59.7 Å². The van der Waals surface area contributed by atoms with Gasteiger partial charge in [-0.3, -0.25) is 0 Å². The molecule has 0 amide bonds. The van der Waals surface area contributed by atoms with Crippen molar-refractivity contribution in [2.75, 3.05) is 5.32 Å². The third kappa shape index (κ3) is 3.75. The molecule has 0 bridgehead atoms. The smallest absolute Gasteiger partial charge is 0.261 e. The van der Waals surface area contributed by atoms with E-state index in [1.807, 2.05) is 31.2 Å². The number of fused-ring (bicyclic) bond motifs is 1. The van der Waals surface area contributed by atoms with Crippen molar-refractivity contribution in [2.24, 2.45) is 0 Å². The highest BCUT2D eigenvalue weighted by Gasteiger charge is 2.17. The lowest BCUT2D eigenvalue weighted by atomic mass is 10.1. The van der Waals surface area contributed by atoms with Crippen LogP contribution in [0.25, 0.3) is 22.5 Å². The summed E-state index contributed by atoms with van der Waals surface area (Å²) in [5, 5.41) is 8.32. The van der Waals surface area contributed by atoms with Gasteiger partial charge in [-0.25, -0.2) is 9.97 Å². The monoisotopic (exact) mass is 381 g/mol. The first-order valence-corrected chi connectivity index (χ1v) is 8.57. The van der Waals surface area contributed by atoms with Crippen molar-refractivity contribution in [1.29, 1.82) is 0 Å². The van der Waals surface area contributed by atoms with Crippen LogP contribution < -0.4 is 5.32 Å². The number of pyridine rings is 2. The highest BCUT2D eigenvalue weighted by atomic mass is 35.5. The number of nitrogens with one attached hydrogen (secondary N) is 1. The van der Waals surface area contributed by atoms with Gasteiger partial charge in [0.05, 0.1) is 11.3 Å². The molecule has 1 aromatic carbocycles. The fraction of sp³-hybridized carbons (Fsp3) is 0.200. The molecule has 138 valence electrons. The number of rotatable bonds is 4. The maximum absolute atomic E-state index is 5.38. The summed E-state index contributed by atoms with van der Waals surface area (Å²) >= 11 is 0. The van der Waals surface area contributed by atoms with Gasteiger partial charge in [-0.1, -0.05) is 24.2 Å². The van der Waals surface area contributed by atoms with Crippen molar-refractivity contribution in [3.63, 3.8) is 0 Å². The number of nitrogens with zero attached hydrogens (tertiary/aromatic N) is 4. The van der Waals surface area contributed by atoms with Crippen LogP contribution in [0.15, 0.2) is 47.1 Å². The van der Waals surface area contributed by atoms with Crippen LogP contribution in [0.4, 0.5) is 11.4 Å². The lowest BCUT2D eigenvalue weighted by molar-refractivity contribution is 0.425. The number of aromatic nitrogens is 4. The lowest BCUT2D eigenvalue weighted by Gasteiger charge is -2.13. The number of hydrogen-bond donors (Lipinski definition) is 1. The molecule has 0 aliphatic heterocycles. The molecule has 0 aliphatic carbocycles. The van der Waals surface area contributed by atoms with E-state index in [2.05, 4.69) is 44.5 Å². The third-order valence-electron chi connectivity index (χ3n) is 4.23. The summed E-state index contributed by atoms with van der Waals surface area (Å²) in [6.45, 7) is 5.89. The van der Waals surface area contributed by atoms with Crippen molar-refractivity contribution >= 4 is 34.8 Å². The molecule has 0 spiro atoms. The molecule has 3 heterocycles. The Morgan fingerprint density at radius 3 is 2.67 bits per heavy atom. The van der Waals surface area contributed by atoms with Crippen LogP contribution in [-0.2, 0) is 6.42 Å². The number of anilines is 2. The summed E-state index contributed by atoms with van der Waals surface area (Å²) in [4.78, 5) is 13.4. The highest BCUT2D eigenvalue weighted by molar-refractivity contribution is 5.98. The standard InChI is InChI=1S/C20H19N5O.ClH/c1-4-14-6-5-7-15(10-14)24-18-16-9-8-12(2)22-19(16)21-11-17(18)20-23-13(3)25-26-20;/h5-11H,4H2,1-3H3,(H,21,22,24);1H. The van der Waals surface area contributed by atoms with Gasteiger partial charge in [0.25, 0.3) is 5.89 Å². The number of benzene rings is 1. The van der Waals surface area contributed by atoms with Crippen molar-refractivity contribution < 1.29 is 4.52 Å². The minimum Gasteiger partial charge on any atom is -0.354 e. The first-order chi connectivity index (χ1) is 12.6. The molecule has 6 nitrogen and oxygen atoms in total. The Balaban J connectivity index is 0.00000210. The summed E-state index contributed by atoms with van der Waals surface area (Å²) < 4.78 is 5.38. The number of aryl methyl sites for hydroxylation is 3. The van der Waals surface area contributed by atoms with Gasteiger partial charge in [0.1, 0.15) is 0 Å². The molecule has 0 saturated carbocycles. The van der Waals surface area contributed by atoms with Gasteiger partial charge < -0.3 is 9.84 Å². The summed E-state index contributed by atoms with van der Waals surface area (Å²) in [7, 11) is 0. The Morgan fingerprint density at radius 2 is 1.93 bits per heavy atom. The van der Waals surface area contributed by atoms with Crippen molar-refractivity contribution in [3.8, 4) is 11.5 Å². The molecule has 0 unspecified atom stereocenters. The van der Waals surface area contributed by atoms with Gasteiger partial charge in [0.15, 0.2) is 11.5 Å². The Hall–Kier alpha value is -2.99. The SMILES string of the molecule is CCc1cccc(Nc2c(-c3nc(C)no3)cnc3nc(C)ccc23)c1.Cl. The van der Waals surface area contributed by atoms with Gasteiger partial charge in [0, 0.05) is 23.0 Å². The molecule has 1 N–H and O–H groups in total. The zero-order valence-electron chi connectivity index (χ0n) is 15.4. The van der Waals surface area contributed by atoms with E-state index in [0.717, 1.165) is 34.4 Å². The van der Waals surface area contributed by atoms with E-state index in [-0.39, 0.29) is 12.4 Å². The van der Waals surface area contributed by atoms with Gasteiger partial charge >= 0.3 is 0 Å². The van der Waals surface area contributed by atoms with Crippen LogP contribution in [0.3, 0.4) is 0 Å². The second-order valence-electron chi connectivity index (χ2n) is 6.20. The average Bonchev–Trinajstić information content (AvgIpc) is 3.08. The van der Waals surface area contributed by atoms with E-state index in [1.54, 1.807) is 13.1 Å². The van der Waals surface area contributed by atoms with E-state index in [0.29, 0.717) is 17.4 Å². The first-order valence-electron chi connectivity index (χ1n) is 8.57. The molecule has 4 rings (SSSR count). The largest absolute Gasteiger partial charge is 0.354 e. The minimum atomic E-state index is 0. The summed E-state index contributed by atoms with van der Waals surface area (Å²) in [6, 6.07) is 12.3. The molecule has 7 heteroatoms. The molecular formula is C20H20ClN5O. The molecule has 0 radical (unpaired) electrons. The Kier molecular flexibility index (Phi) is 5.37. The Labute approximate surface area is 163 Å². The Bertz CT molecular complexity index is 1090. The zero-order chi connectivity index (χ0) is 18.1. The fourth-order valence-electron chi connectivity index (χ4n) is 2.89. The molecule has 4 aromatic rings. The van der Waals surface area contributed by atoms with E-state index in [4.69, 9.17) is 4.52 Å². The van der Waals surface area contributed by atoms with Crippen molar-refractivity contribution in [2.45, 2.75) is 27.2 Å². The summed E-state index contributed by atoms with van der Waals surface area (Å²) in [6.07, 6.45) is 2.71. The van der Waals surface area contributed by atoms with Crippen LogP contribution in [0.5, 0.6) is 0 Å². The average molecular weight is 382 g/mol. The fourth-order valence-corrected chi connectivity index (χ4v) is 2.89. The van der Waals surface area contributed by atoms with Crippen LogP contribution in [0, 0.1) is 13.8 Å². The highest BCUT2D eigenvalue weighted by Crippen LogP contribution is 2.34. The minimum absolute atomic E-state index is 0. The van der Waals surface area contributed by atoms with Gasteiger partial charge in [0.2, 0.25) is 0 Å². The number of halogens is 1. The second kappa shape index (κ2) is 7.72. The third-order valence-corrected chi connectivity index (χ3v) is 4.23. The lowest BCUT2D eigenvalue weighted by Crippen LogP contribution is -1.99. The molecule has 0 atom stereocenters. The maximum atomic E-state index is 5.38. The molecule has 27 heavy (non-hydrogen) atoms. The summed E-state index contributed by atoms with van der Waals surface area (Å²) in [5.74, 6) is 1.02. The molecule has 0 aliphatic rings. The van der Waals surface area contributed by atoms with Crippen LogP contribution >= 0.6 is 12.4 Å². The van der Waals surface area contributed by atoms with Crippen LogP contribution in [0.2, 0.25) is 0 Å². The normalized spacial score (nSPS) is 10.6. The molecular weight excluding hydrogens is 362 g/mol. The predicted octanol–water partition coefficient (Wildman–Crippen LogP) is 5.02. The maximum Gasteiger partial charge on any atom is 0.261 e. The quantitative estimate of drug-likeness (QED) is 0.534. The van der Waals surface area contributed by atoms with Gasteiger partial charge in [-0.05, 0) is 50.1 Å². The predicted molar refractivity (Wildman–Crippen MR) is 109 cm³/mol. The molecule has 0 saturated heterocycles. The van der Waals surface area contributed by atoms with E-state index in [9.17, 15) is 0 Å². The van der Waals surface area contributed by atoms with E-state index < -0.39 is 0 Å². The summed E-state index contributed by atoms with van der Waals surface area (Å²) in [5.41, 5.74) is 5.47. The second-order valence-corrected chi connectivity index (χ2v) is 6.20. The molecule has 0 fully saturated rings. The van der Waals surface area contributed by atoms with Gasteiger partial charge in [-0.2, -0.15) is 4.98 Å². The zero-order valence-corrected chi connectivity index (χ0v) is 16.2. The Morgan fingerprint density at radius 1 is 1.07 bits per heavy atom. The van der Waals surface area contributed by atoms with Gasteiger partial charge in [-0.15, -0.1) is 12.4 Å². The topological polar surface area (TPSA) is 76.7 Å².